The van der Waals surface area contributed by atoms with Gasteiger partial charge in [-0.1, -0.05) is 71.6 Å². The molecule has 0 N–H and O–H groups in total. The predicted octanol–water partition coefficient (Wildman–Crippen LogP) is 4.62. The van der Waals surface area contributed by atoms with E-state index in [0.29, 0.717) is 0 Å². The molecule has 116 valence electrons. The molecule has 20 heavy (non-hydrogen) atoms. The van der Waals surface area contributed by atoms with Crippen molar-refractivity contribution in [1.82, 2.24) is 20.2 Å². The molecule has 0 aromatic carbocycles. The van der Waals surface area contributed by atoms with Crippen LogP contribution < -0.4 is 0 Å². The molecule has 0 aliphatic rings. The van der Waals surface area contributed by atoms with Gasteiger partial charge in [0.25, 0.3) is 0 Å². The van der Waals surface area contributed by atoms with Crippen LogP contribution in [0.15, 0.2) is 6.33 Å². The Kier molecular flexibility index (Phi) is 10.2. The minimum absolute atomic E-state index is 0.747. The summed E-state index contributed by atoms with van der Waals surface area (Å²) in [5.74, 6) is 0.747. The number of hydrogen-bond acceptors (Lipinski definition) is 3. The molecule has 0 aliphatic heterocycles. The van der Waals surface area contributed by atoms with Crippen molar-refractivity contribution in [3.05, 3.63) is 6.33 Å². The minimum atomic E-state index is 0.747. The van der Waals surface area contributed by atoms with Crippen molar-refractivity contribution in [3.63, 3.8) is 0 Å². The standard InChI is InChI=1S/C16H32N4/c1-3-5-7-9-11-13-16(12-10-8-6-4-2)14-20-15-17-18-19-20/h15-16H,3-14H2,1-2H3. The van der Waals surface area contributed by atoms with Crippen LogP contribution in [0, 0.1) is 5.92 Å². The van der Waals surface area contributed by atoms with Crippen LogP contribution in [0.5, 0.6) is 0 Å². The first-order valence-electron chi connectivity index (χ1n) is 8.57. The second-order valence-corrected chi connectivity index (χ2v) is 5.95. The third-order valence-electron chi connectivity index (χ3n) is 4.02. The van der Waals surface area contributed by atoms with E-state index in [4.69, 9.17) is 0 Å². The lowest BCUT2D eigenvalue weighted by Gasteiger charge is -2.16. The minimum Gasteiger partial charge on any atom is -0.232 e. The van der Waals surface area contributed by atoms with Crippen molar-refractivity contribution in [2.75, 3.05) is 0 Å². The molecule has 0 amide bonds. The van der Waals surface area contributed by atoms with Crippen LogP contribution in [0.2, 0.25) is 0 Å². The molecule has 0 saturated heterocycles. The lowest BCUT2D eigenvalue weighted by Crippen LogP contribution is -2.12. The molecule has 1 rings (SSSR count). The van der Waals surface area contributed by atoms with Crippen molar-refractivity contribution in [3.8, 4) is 0 Å². The van der Waals surface area contributed by atoms with Gasteiger partial charge in [0.2, 0.25) is 0 Å². The molecule has 1 aromatic rings. The van der Waals surface area contributed by atoms with Crippen LogP contribution in [0.3, 0.4) is 0 Å². The summed E-state index contributed by atoms with van der Waals surface area (Å²) in [5.41, 5.74) is 0. The largest absolute Gasteiger partial charge is 0.232 e. The molecule has 0 radical (unpaired) electrons. The molecule has 0 saturated carbocycles. The quantitative estimate of drug-likeness (QED) is 0.495. The van der Waals surface area contributed by atoms with Gasteiger partial charge in [0.05, 0.1) is 0 Å². The Morgan fingerprint density at radius 1 is 0.850 bits per heavy atom. The molecular formula is C16H32N4. The second kappa shape index (κ2) is 11.9. The van der Waals surface area contributed by atoms with E-state index in [1.165, 1.54) is 70.6 Å². The van der Waals surface area contributed by atoms with Gasteiger partial charge in [-0.2, -0.15) is 0 Å². The van der Waals surface area contributed by atoms with Crippen LogP contribution >= 0.6 is 0 Å². The maximum Gasteiger partial charge on any atom is 0.138 e. The highest BCUT2D eigenvalue weighted by Gasteiger charge is 2.10. The Labute approximate surface area is 124 Å². The summed E-state index contributed by atoms with van der Waals surface area (Å²) in [5, 5.41) is 11.5. The van der Waals surface area contributed by atoms with E-state index < -0.39 is 0 Å². The third kappa shape index (κ3) is 8.28. The summed E-state index contributed by atoms with van der Waals surface area (Å²) in [4.78, 5) is 0. The molecule has 0 bridgehead atoms. The van der Waals surface area contributed by atoms with E-state index in [1.807, 2.05) is 4.68 Å². The molecule has 1 unspecified atom stereocenters. The first kappa shape index (κ1) is 17.1. The normalized spacial score (nSPS) is 12.7. The zero-order valence-corrected chi connectivity index (χ0v) is 13.4. The number of aromatic nitrogens is 4. The van der Waals surface area contributed by atoms with Crippen LogP contribution in [0.4, 0.5) is 0 Å². The van der Waals surface area contributed by atoms with Gasteiger partial charge in [-0.25, -0.2) is 4.68 Å². The first-order valence-corrected chi connectivity index (χ1v) is 8.57. The summed E-state index contributed by atoms with van der Waals surface area (Å²) in [6.07, 6.45) is 16.7. The molecule has 1 atom stereocenters. The first-order chi connectivity index (χ1) is 9.86. The molecule has 4 nitrogen and oxygen atoms in total. The van der Waals surface area contributed by atoms with Crippen molar-refractivity contribution >= 4 is 0 Å². The highest BCUT2D eigenvalue weighted by molar-refractivity contribution is 4.62. The van der Waals surface area contributed by atoms with E-state index in [2.05, 4.69) is 29.4 Å². The Morgan fingerprint density at radius 2 is 1.45 bits per heavy atom. The monoisotopic (exact) mass is 280 g/mol. The number of rotatable bonds is 13. The van der Waals surface area contributed by atoms with Gasteiger partial charge in [-0.3, -0.25) is 0 Å². The van der Waals surface area contributed by atoms with Gasteiger partial charge >= 0.3 is 0 Å². The van der Waals surface area contributed by atoms with Crippen molar-refractivity contribution in [1.29, 1.82) is 0 Å². The third-order valence-corrected chi connectivity index (χ3v) is 4.02. The highest BCUT2D eigenvalue weighted by Crippen LogP contribution is 2.20. The second-order valence-electron chi connectivity index (χ2n) is 5.95. The molecular weight excluding hydrogens is 248 g/mol. The number of nitrogens with zero attached hydrogens (tertiary/aromatic N) is 4. The van der Waals surface area contributed by atoms with E-state index in [0.717, 1.165) is 12.5 Å². The maximum atomic E-state index is 4.01. The number of unbranched alkanes of at least 4 members (excludes halogenated alkanes) is 7. The smallest absolute Gasteiger partial charge is 0.138 e. The Bertz CT molecular complexity index is 297. The van der Waals surface area contributed by atoms with Gasteiger partial charge < -0.3 is 0 Å². The lowest BCUT2D eigenvalue weighted by atomic mass is 9.94. The summed E-state index contributed by atoms with van der Waals surface area (Å²) in [7, 11) is 0. The van der Waals surface area contributed by atoms with Gasteiger partial charge in [-0.15, -0.1) is 5.10 Å². The van der Waals surface area contributed by atoms with Crippen molar-refractivity contribution in [2.45, 2.75) is 91.0 Å². The van der Waals surface area contributed by atoms with Crippen LogP contribution in [0.25, 0.3) is 0 Å². The topological polar surface area (TPSA) is 43.6 Å². The molecule has 0 spiro atoms. The molecule has 0 fully saturated rings. The van der Waals surface area contributed by atoms with E-state index in [-0.39, 0.29) is 0 Å². The summed E-state index contributed by atoms with van der Waals surface area (Å²) in [6.45, 7) is 5.54. The average molecular weight is 280 g/mol. The SMILES string of the molecule is CCCCCCCC(CCCCCC)Cn1cnnn1. The fourth-order valence-electron chi connectivity index (χ4n) is 2.75. The molecule has 4 heteroatoms. The van der Waals surface area contributed by atoms with Crippen molar-refractivity contribution in [2.24, 2.45) is 5.92 Å². The average Bonchev–Trinajstić information content (AvgIpc) is 2.96. The molecule has 1 heterocycles. The number of tetrazole rings is 1. The fourth-order valence-corrected chi connectivity index (χ4v) is 2.75. The van der Waals surface area contributed by atoms with Gasteiger partial charge in [0.15, 0.2) is 0 Å². The fraction of sp³-hybridized carbons (Fsp3) is 0.938. The van der Waals surface area contributed by atoms with Gasteiger partial charge in [-0.05, 0) is 29.2 Å². The molecule has 0 aliphatic carbocycles. The predicted molar refractivity (Wildman–Crippen MR) is 83.4 cm³/mol. The Hall–Kier alpha value is -0.930. The van der Waals surface area contributed by atoms with Gasteiger partial charge in [0, 0.05) is 6.54 Å². The summed E-state index contributed by atoms with van der Waals surface area (Å²) in [6, 6.07) is 0. The molecule has 1 aromatic heterocycles. The van der Waals surface area contributed by atoms with Crippen LogP contribution in [-0.2, 0) is 6.54 Å². The van der Waals surface area contributed by atoms with E-state index in [1.54, 1.807) is 6.33 Å². The summed E-state index contributed by atoms with van der Waals surface area (Å²) < 4.78 is 1.90. The Balaban J connectivity index is 2.22. The van der Waals surface area contributed by atoms with Crippen LogP contribution in [-0.4, -0.2) is 20.2 Å². The van der Waals surface area contributed by atoms with Crippen molar-refractivity contribution < 1.29 is 0 Å². The van der Waals surface area contributed by atoms with Gasteiger partial charge in [0.1, 0.15) is 6.33 Å². The zero-order valence-electron chi connectivity index (χ0n) is 13.4. The van der Waals surface area contributed by atoms with Crippen LogP contribution in [0.1, 0.15) is 84.5 Å². The number of hydrogen-bond donors (Lipinski definition) is 0. The lowest BCUT2D eigenvalue weighted by molar-refractivity contribution is 0.340. The highest BCUT2D eigenvalue weighted by atomic mass is 15.5. The Morgan fingerprint density at radius 3 is 2.00 bits per heavy atom. The van der Waals surface area contributed by atoms with E-state index in [9.17, 15) is 0 Å². The zero-order chi connectivity index (χ0) is 14.5. The maximum absolute atomic E-state index is 4.01. The summed E-state index contributed by atoms with van der Waals surface area (Å²) >= 11 is 0. The van der Waals surface area contributed by atoms with E-state index >= 15 is 0 Å².